The van der Waals surface area contributed by atoms with Gasteiger partial charge in [-0.05, 0) is 11.8 Å². The summed E-state index contributed by atoms with van der Waals surface area (Å²) >= 11 is 0. The zero-order chi connectivity index (χ0) is 7.78. The molecule has 0 aliphatic carbocycles. The first-order chi connectivity index (χ1) is 4.54. The first kappa shape index (κ1) is 7.54. The molecule has 1 unspecified atom stereocenters. The number of rotatable bonds is 0. The summed E-state index contributed by atoms with van der Waals surface area (Å²) in [5.41, 5.74) is 5.49. The van der Waals surface area contributed by atoms with E-state index in [4.69, 9.17) is 10.5 Å². The van der Waals surface area contributed by atoms with E-state index in [-0.39, 0.29) is 11.4 Å². The zero-order valence-corrected chi connectivity index (χ0v) is 6.39. The summed E-state index contributed by atoms with van der Waals surface area (Å²) in [5, 5.41) is 0. The van der Waals surface area contributed by atoms with Crippen molar-refractivity contribution < 1.29 is 9.53 Å². The van der Waals surface area contributed by atoms with Crippen LogP contribution in [0.4, 0.5) is 0 Å². The average Bonchev–Trinajstić information content (AvgIpc) is 1.83. The van der Waals surface area contributed by atoms with Crippen LogP contribution in [0.5, 0.6) is 0 Å². The van der Waals surface area contributed by atoms with E-state index >= 15 is 0 Å². The molecule has 1 heterocycles. The van der Waals surface area contributed by atoms with Crippen molar-refractivity contribution in [2.24, 2.45) is 11.1 Å². The molecule has 0 bridgehead atoms. The second-order valence-corrected chi connectivity index (χ2v) is 3.38. The van der Waals surface area contributed by atoms with E-state index in [0.29, 0.717) is 6.61 Å². The maximum Gasteiger partial charge on any atom is 0.323 e. The van der Waals surface area contributed by atoms with Gasteiger partial charge in [-0.25, -0.2) is 0 Å². The van der Waals surface area contributed by atoms with Crippen LogP contribution in [0.3, 0.4) is 0 Å². The lowest BCUT2D eigenvalue weighted by molar-refractivity contribution is -0.154. The summed E-state index contributed by atoms with van der Waals surface area (Å²) in [7, 11) is 0. The molecule has 0 aromatic heterocycles. The molecular formula is C7H13NO2. The van der Waals surface area contributed by atoms with Crippen LogP contribution in [0.25, 0.3) is 0 Å². The number of hydrogen-bond donors (Lipinski definition) is 1. The number of carbonyl (C=O) groups excluding carboxylic acids is 1. The summed E-state index contributed by atoms with van der Waals surface area (Å²) < 4.78 is 4.76. The molecule has 3 nitrogen and oxygen atoms in total. The number of carbonyl (C=O) groups is 1. The van der Waals surface area contributed by atoms with Gasteiger partial charge in [0.05, 0.1) is 6.61 Å². The van der Waals surface area contributed by atoms with Crippen LogP contribution in [0.1, 0.15) is 20.3 Å². The molecule has 0 spiro atoms. The Morgan fingerprint density at radius 2 is 2.30 bits per heavy atom. The van der Waals surface area contributed by atoms with Crippen molar-refractivity contribution in [2.75, 3.05) is 6.61 Å². The highest BCUT2D eigenvalue weighted by Crippen LogP contribution is 2.28. The van der Waals surface area contributed by atoms with Crippen molar-refractivity contribution in [3.63, 3.8) is 0 Å². The molecule has 0 radical (unpaired) electrons. The van der Waals surface area contributed by atoms with Gasteiger partial charge in [0.15, 0.2) is 0 Å². The molecular weight excluding hydrogens is 130 g/mol. The number of ether oxygens (including phenoxy) is 1. The normalized spacial score (nSPS) is 31.5. The third kappa shape index (κ3) is 1.14. The lowest BCUT2D eigenvalue weighted by Crippen LogP contribution is -2.49. The fourth-order valence-corrected chi connectivity index (χ4v) is 0.979. The van der Waals surface area contributed by atoms with E-state index in [0.717, 1.165) is 6.42 Å². The highest BCUT2D eigenvalue weighted by Gasteiger charge is 2.36. The molecule has 1 aliphatic rings. The monoisotopic (exact) mass is 143 g/mol. The molecule has 1 fully saturated rings. The Labute approximate surface area is 60.5 Å². The second-order valence-electron chi connectivity index (χ2n) is 3.38. The molecule has 1 rings (SSSR count). The standard InChI is InChI=1S/C7H13NO2/c1-7(2)3-4-10-6(9)5(7)8/h5H,3-4,8H2,1-2H3. The molecule has 1 atom stereocenters. The van der Waals surface area contributed by atoms with E-state index in [1.807, 2.05) is 13.8 Å². The first-order valence-corrected chi connectivity index (χ1v) is 3.46. The molecule has 1 saturated heterocycles. The quantitative estimate of drug-likeness (QED) is 0.496. The topological polar surface area (TPSA) is 52.3 Å². The molecule has 3 heteroatoms. The number of cyclic esters (lactones) is 1. The van der Waals surface area contributed by atoms with Crippen molar-refractivity contribution in [1.82, 2.24) is 0 Å². The van der Waals surface area contributed by atoms with Crippen LogP contribution in [-0.4, -0.2) is 18.6 Å². The molecule has 58 valence electrons. The van der Waals surface area contributed by atoms with Gasteiger partial charge in [-0.15, -0.1) is 0 Å². The zero-order valence-electron chi connectivity index (χ0n) is 6.39. The van der Waals surface area contributed by atoms with Gasteiger partial charge in [-0.1, -0.05) is 13.8 Å². The molecule has 1 aliphatic heterocycles. The van der Waals surface area contributed by atoms with E-state index in [1.165, 1.54) is 0 Å². The largest absolute Gasteiger partial charge is 0.464 e. The van der Waals surface area contributed by atoms with E-state index in [9.17, 15) is 4.79 Å². The fourth-order valence-electron chi connectivity index (χ4n) is 0.979. The Morgan fingerprint density at radius 1 is 1.70 bits per heavy atom. The Balaban J connectivity index is 2.69. The third-order valence-electron chi connectivity index (χ3n) is 2.09. The minimum Gasteiger partial charge on any atom is -0.464 e. The first-order valence-electron chi connectivity index (χ1n) is 3.46. The smallest absolute Gasteiger partial charge is 0.323 e. The minimum atomic E-state index is -0.443. The summed E-state index contributed by atoms with van der Waals surface area (Å²) in [6.45, 7) is 4.48. The Morgan fingerprint density at radius 3 is 2.70 bits per heavy atom. The van der Waals surface area contributed by atoms with Crippen molar-refractivity contribution >= 4 is 5.97 Å². The van der Waals surface area contributed by atoms with E-state index < -0.39 is 6.04 Å². The fraction of sp³-hybridized carbons (Fsp3) is 0.857. The molecule has 0 aromatic carbocycles. The minimum absolute atomic E-state index is 0.0880. The van der Waals surface area contributed by atoms with Crippen molar-refractivity contribution in [3.8, 4) is 0 Å². The van der Waals surface area contributed by atoms with Crippen molar-refractivity contribution in [2.45, 2.75) is 26.3 Å². The van der Waals surface area contributed by atoms with Gasteiger partial charge in [0, 0.05) is 0 Å². The Hall–Kier alpha value is -0.570. The van der Waals surface area contributed by atoms with Gasteiger partial charge >= 0.3 is 5.97 Å². The van der Waals surface area contributed by atoms with Crippen molar-refractivity contribution in [3.05, 3.63) is 0 Å². The highest BCUT2D eigenvalue weighted by molar-refractivity contribution is 5.77. The molecule has 10 heavy (non-hydrogen) atoms. The number of nitrogens with two attached hydrogens (primary N) is 1. The van der Waals surface area contributed by atoms with Gasteiger partial charge in [0.1, 0.15) is 6.04 Å². The van der Waals surface area contributed by atoms with Crippen LogP contribution in [0, 0.1) is 5.41 Å². The summed E-state index contributed by atoms with van der Waals surface area (Å²) in [4.78, 5) is 10.9. The van der Waals surface area contributed by atoms with Gasteiger partial charge in [-0.2, -0.15) is 0 Å². The Bertz CT molecular complexity index is 154. The van der Waals surface area contributed by atoms with E-state index in [1.54, 1.807) is 0 Å². The number of esters is 1. The van der Waals surface area contributed by atoms with Gasteiger partial charge in [-0.3, -0.25) is 4.79 Å². The van der Waals surface area contributed by atoms with Crippen molar-refractivity contribution in [1.29, 1.82) is 0 Å². The van der Waals surface area contributed by atoms with Gasteiger partial charge in [0.25, 0.3) is 0 Å². The second kappa shape index (κ2) is 2.23. The van der Waals surface area contributed by atoms with Crippen LogP contribution in [0.15, 0.2) is 0 Å². The third-order valence-corrected chi connectivity index (χ3v) is 2.09. The van der Waals surface area contributed by atoms with Crippen LogP contribution < -0.4 is 5.73 Å². The van der Waals surface area contributed by atoms with Crippen LogP contribution >= 0.6 is 0 Å². The van der Waals surface area contributed by atoms with Crippen LogP contribution in [-0.2, 0) is 9.53 Å². The van der Waals surface area contributed by atoms with Gasteiger partial charge < -0.3 is 10.5 Å². The van der Waals surface area contributed by atoms with E-state index in [2.05, 4.69) is 0 Å². The highest BCUT2D eigenvalue weighted by atomic mass is 16.5. The molecule has 0 aromatic rings. The van der Waals surface area contributed by atoms with Gasteiger partial charge in [0.2, 0.25) is 0 Å². The number of hydrogen-bond acceptors (Lipinski definition) is 3. The average molecular weight is 143 g/mol. The Kier molecular flexibility index (Phi) is 1.68. The summed E-state index contributed by atoms with van der Waals surface area (Å²) in [6.07, 6.45) is 0.861. The van der Waals surface area contributed by atoms with Crippen LogP contribution in [0.2, 0.25) is 0 Å². The lowest BCUT2D eigenvalue weighted by Gasteiger charge is -2.33. The maximum atomic E-state index is 10.9. The SMILES string of the molecule is CC1(C)CCOC(=O)C1N. The predicted octanol–water partition coefficient (Wildman–Crippen LogP) is 0.287. The molecule has 0 saturated carbocycles. The molecule has 0 amide bonds. The lowest BCUT2D eigenvalue weighted by atomic mass is 9.80. The summed E-state index contributed by atoms with van der Waals surface area (Å²) in [5.74, 6) is -0.267. The maximum absolute atomic E-state index is 10.9. The predicted molar refractivity (Wildman–Crippen MR) is 37.3 cm³/mol. The summed E-state index contributed by atoms with van der Waals surface area (Å²) in [6, 6.07) is -0.443. The molecule has 2 N–H and O–H groups in total.